The SMILES string of the molecule is O=C(O)C[C@H](NC(=O)CCc1cccc(Br)c1)C(=O)O. The molecule has 0 spiro atoms. The van der Waals surface area contributed by atoms with E-state index in [-0.39, 0.29) is 6.42 Å². The number of carbonyl (C=O) groups is 3. The maximum absolute atomic E-state index is 11.6. The van der Waals surface area contributed by atoms with Gasteiger partial charge < -0.3 is 15.5 Å². The fraction of sp³-hybridized carbons (Fsp3) is 0.308. The second-order valence-electron chi connectivity index (χ2n) is 4.19. The molecule has 0 aliphatic heterocycles. The van der Waals surface area contributed by atoms with Gasteiger partial charge in [-0.1, -0.05) is 28.1 Å². The molecule has 0 unspecified atom stereocenters. The summed E-state index contributed by atoms with van der Waals surface area (Å²) in [5.41, 5.74) is 0.930. The van der Waals surface area contributed by atoms with Gasteiger partial charge in [0.05, 0.1) is 6.42 Å². The number of rotatable bonds is 7. The Morgan fingerprint density at radius 2 is 1.95 bits per heavy atom. The molecule has 1 aromatic carbocycles. The third kappa shape index (κ3) is 5.83. The molecule has 0 fully saturated rings. The minimum Gasteiger partial charge on any atom is -0.481 e. The monoisotopic (exact) mass is 343 g/mol. The van der Waals surface area contributed by atoms with E-state index >= 15 is 0 Å². The number of carboxylic acids is 2. The Morgan fingerprint density at radius 3 is 2.50 bits per heavy atom. The van der Waals surface area contributed by atoms with Crippen LogP contribution in [0.1, 0.15) is 18.4 Å². The molecule has 0 radical (unpaired) electrons. The number of aryl methyl sites for hydroxylation is 1. The second kappa shape index (κ2) is 7.64. The predicted molar refractivity (Wildman–Crippen MR) is 74.3 cm³/mol. The van der Waals surface area contributed by atoms with Crippen molar-refractivity contribution in [3.8, 4) is 0 Å². The number of amides is 1. The van der Waals surface area contributed by atoms with Gasteiger partial charge in [-0.05, 0) is 24.1 Å². The first-order valence-electron chi connectivity index (χ1n) is 5.87. The summed E-state index contributed by atoms with van der Waals surface area (Å²) in [5.74, 6) is -3.12. The van der Waals surface area contributed by atoms with E-state index in [4.69, 9.17) is 10.2 Å². The van der Waals surface area contributed by atoms with Crippen molar-refractivity contribution in [2.24, 2.45) is 0 Å². The number of carbonyl (C=O) groups excluding carboxylic acids is 1. The van der Waals surface area contributed by atoms with Gasteiger partial charge in [0.15, 0.2) is 0 Å². The number of hydrogen-bond acceptors (Lipinski definition) is 3. The summed E-state index contributed by atoms with van der Waals surface area (Å²) >= 11 is 3.31. The van der Waals surface area contributed by atoms with E-state index in [1.807, 2.05) is 24.3 Å². The summed E-state index contributed by atoms with van der Waals surface area (Å²) in [6.45, 7) is 0. The molecule has 1 rings (SSSR count). The molecule has 0 heterocycles. The van der Waals surface area contributed by atoms with Crippen molar-refractivity contribution in [1.29, 1.82) is 0 Å². The molecule has 0 saturated carbocycles. The minimum absolute atomic E-state index is 0.0971. The number of benzene rings is 1. The first-order chi connectivity index (χ1) is 9.38. The zero-order valence-corrected chi connectivity index (χ0v) is 12.1. The Morgan fingerprint density at radius 1 is 1.25 bits per heavy atom. The van der Waals surface area contributed by atoms with Crippen LogP contribution in [0.5, 0.6) is 0 Å². The number of carboxylic acid groups (broad SMARTS) is 2. The molecular weight excluding hydrogens is 330 g/mol. The van der Waals surface area contributed by atoms with Crippen molar-refractivity contribution in [1.82, 2.24) is 5.32 Å². The van der Waals surface area contributed by atoms with Crippen LogP contribution >= 0.6 is 15.9 Å². The number of hydrogen-bond donors (Lipinski definition) is 3. The topological polar surface area (TPSA) is 104 Å². The molecule has 1 atom stereocenters. The molecule has 0 aliphatic carbocycles. The lowest BCUT2D eigenvalue weighted by Crippen LogP contribution is -2.42. The third-order valence-corrected chi connectivity index (χ3v) is 3.04. The molecular formula is C13H14BrNO5. The molecule has 1 aromatic rings. The van der Waals surface area contributed by atoms with Gasteiger partial charge in [0.25, 0.3) is 0 Å². The number of halogens is 1. The van der Waals surface area contributed by atoms with E-state index in [0.29, 0.717) is 6.42 Å². The molecule has 6 nitrogen and oxygen atoms in total. The van der Waals surface area contributed by atoms with Crippen LogP contribution in [0.25, 0.3) is 0 Å². The summed E-state index contributed by atoms with van der Waals surface area (Å²) in [7, 11) is 0. The maximum atomic E-state index is 11.6. The lowest BCUT2D eigenvalue weighted by Gasteiger charge is -2.12. The van der Waals surface area contributed by atoms with Crippen molar-refractivity contribution < 1.29 is 24.6 Å². The van der Waals surface area contributed by atoms with Gasteiger partial charge in [0.2, 0.25) is 5.91 Å². The molecule has 3 N–H and O–H groups in total. The smallest absolute Gasteiger partial charge is 0.326 e. The highest BCUT2D eigenvalue weighted by Gasteiger charge is 2.22. The highest BCUT2D eigenvalue weighted by Crippen LogP contribution is 2.13. The molecule has 0 aromatic heterocycles. The van der Waals surface area contributed by atoms with Gasteiger partial charge in [-0.15, -0.1) is 0 Å². The number of aliphatic carboxylic acids is 2. The van der Waals surface area contributed by atoms with Crippen LogP contribution in [-0.2, 0) is 20.8 Å². The Bertz CT molecular complexity index is 517. The Labute approximate surface area is 123 Å². The highest BCUT2D eigenvalue weighted by molar-refractivity contribution is 9.10. The fourth-order valence-electron chi connectivity index (χ4n) is 1.59. The van der Waals surface area contributed by atoms with Gasteiger partial charge in [-0.25, -0.2) is 4.79 Å². The highest BCUT2D eigenvalue weighted by atomic mass is 79.9. The van der Waals surface area contributed by atoms with Gasteiger partial charge in [-0.2, -0.15) is 0 Å². The van der Waals surface area contributed by atoms with Crippen LogP contribution < -0.4 is 5.32 Å². The van der Waals surface area contributed by atoms with E-state index in [1.54, 1.807) is 0 Å². The average Bonchev–Trinajstić information content (AvgIpc) is 2.35. The average molecular weight is 344 g/mol. The lowest BCUT2D eigenvalue weighted by molar-refractivity contribution is -0.147. The fourth-order valence-corrected chi connectivity index (χ4v) is 2.04. The normalized spacial score (nSPS) is 11.7. The van der Waals surface area contributed by atoms with Crippen LogP contribution in [-0.4, -0.2) is 34.1 Å². The van der Waals surface area contributed by atoms with E-state index in [9.17, 15) is 14.4 Å². The summed E-state index contributed by atoms with van der Waals surface area (Å²) in [5, 5.41) is 19.6. The zero-order valence-electron chi connectivity index (χ0n) is 10.5. The minimum atomic E-state index is -1.40. The van der Waals surface area contributed by atoms with Crippen molar-refractivity contribution in [2.75, 3.05) is 0 Å². The molecule has 7 heteroatoms. The van der Waals surface area contributed by atoms with Gasteiger partial charge in [0, 0.05) is 10.9 Å². The first kappa shape index (κ1) is 16.2. The standard InChI is InChI=1S/C13H14BrNO5/c14-9-3-1-2-8(6-9)4-5-11(16)15-10(13(19)20)7-12(17)18/h1-3,6,10H,4-5,7H2,(H,15,16)(H,17,18)(H,19,20)/t10-/m0/s1. The summed E-state index contributed by atoms with van der Waals surface area (Å²) < 4.78 is 0.893. The summed E-state index contributed by atoms with van der Waals surface area (Å²) in [4.78, 5) is 32.9. The largest absolute Gasteiger partial charge is 0.481 e. The summed E-state index contributed by atoms with van der Waals surface area (Å²) in [6, 6.07) is 6.00. The van der Waals surface area contributed by atoms with Crippen LogP contribution in [0.4, 0.5) is 0 Å². The van der Waals surface area contributed by atoms with E-state index in [2.05, 4.69) is 21.2 Å². The van der Waals surface area contributed by atoms with Crippen molar-refractivity contribution in [3.63, 3.8) is 0 Å². The lowest BCUT2D eigenvalue weighted by atomic mass is 10.1. The molecule has 1 amide bonds. The van der Waals surface area contributed by atoms with Gasteiger partial charge >= 0.3 is 11.9 Å². The molecule has 0 saturated heterocycles. The van der Waals surface area contributed by atoms with Crippen molar-refractivity contribution in [2.45, 2.75) is 25.3 Å². The quantitative estimate of drug-likeness (QED) is 0.694. The van der Waals surface area contributed by atoms with E-state index in [0.717, 1.165) is 10.0 Å². The maximum Gasteiger partial charge on any atom is 0.326 e. The molecule has 0 aliphatic rings. The molecule has 108 valence electrons. The van der Waals surface area contributed by atoms with Crippen molar-refractivity contribution in [3.05, 3.63) is 34.3 Å². The second-order valence-corrected chi connectivity index (χ2v) is 5.10. The Hall–Kier alpha value is -1.89. The predicted octanol–water partition coefficient (Wildman–Crippen LogP) is 1.43. The zero-order chi connectivity index (χ0) is 15.1. The van der Waals surface area contributed by atoms with Crippen LogP contribution in [0.3, 0.4) is 0 Å². The first-order valence-corrected chi connectivity index (χ1v) is 6.66. The Kier molecular flexibility index (Phi) is 6.17. The molecule has 0 bridgehead atoms. The van der Waals surface area contributed by atoms with Crippen molar-refractivity contribution >= 4 is 33.8 Å². The van der Waals surface area contributed by atoms with Crippen LogP contribution in [0, 0.1) is 0 Å². The molecule has 20 heavy (non-hydrogen) atoms. The third-order valence-electron chi connectivity index (χ3n) is 2.54. The van der Waals surface area contributed by atoms with Crippen LogP contribution in [0.2, 0.25) is 0 Å². The van der Waals surface area contributed by atoms with E-state index < -0.39 is 30.3 Å². The van der Waals surface area contributed by atoms with E-state index in [1.165, 1.54) is 0 Å². The van der Waals surface area contributed by atoms with Gasteiger partial charge in [-0.3, -0.25) is 9.59 Å². The Balaban J connectivity index is 2.49. The van der Waals surface area contributed by atoms with Gasteiger partial charge in [0.1, 0.15) is 6.04 Å². The van der Waals surface area contributed by atoms with Crippen LogP contribution in [0.15, 0.2) is 28.7 Å². The number of nitrogens with one attached hydrogen (secondary N) is 1. The summed E-state index contributed by atoms with van der Waals surface area (Å²) in [6.07, 6.45) is -0.0947.